The monoisotopic (exact) mass is 585 g/mol. The van der Waals surface area contributed by atoms with Crippen LogP contribution < -0.4 is 10.6 Å². The number of amides is 1. The van der Waals surface area contributed by atoms with Gasteiger partial charge in [0.1, 0.15) is 17.1 Å². The van der Waals surface area contributed by atoms with Crippen molar-refractivity contribution in [3.8, 4) is 11.4 Å². The maximum absolute atomic E-state index is 13.2. The molecule has 3 aromatic carbocycles. The van der Waals surface area contributed by atoms with Crippen LogP contribution in [0.3, 0.4) is 0 Å². The van der Waals surface area contributed by atoms with Crippen LogP contribution >= 0.6 is 0 Å². The van der Waals surface area contributed by atoms with Gasteiger partial charge in [-0.2, -0.15) is 14.9 Å². The summed E-state index contributed by atoms with van der Waals surface area (Å²) < 4.78 is 6.63. The Labute approximate surface area is 250 Å². The number of benzene rings is 3. The van der Waals surface area contributed by atoms with E-state index in [1.165, 1.54) is 4.68 Å². The van der Waals surface area contributed by atoms with Crippen molar-refractivity contribution in [1.82, 2.24) is 34.9 Å². The Morgan fingerprint density at radius 2 is 1.70 bits per heavy atom. The van der Waals surface area contributed by atoms with Gasteiger partial charge >= 0.3 is 6.09 Å². The third-order valence-corrected chi connectivity index (χ3v) is 6.89. The van der Waals surface area contributed by atoms with Crippen molar-refractivity contribution < 1.29 is 14.3 Å². The maximum atomic E-state index is 13.2. The van der Waals surface area contributed by atoms with E-state index in [4.69, 9.17) is 9.72 Å². The predicted octanol–water partition coefficient (Wildman–Crippen LogP) is 6.63. The molecule has 4 aromatic heterocycles. The molecule has 12 nitrogen and oxygen atoms in total. The Kier molecular flexibility index (Phi) is 6.31. The van der Waals surface area contributed by atoms with Crippen LogP contribution in [0.1, 0.15) is 31.3 Å². The third-order valence-electron chi connectivity index (χ3n) is 6.89. The SMILES string of the molecule is CC(C)(C)OC(=O)n1ncc2cc(NC(=O)c3cc4ccc(-c5nccc(Nc6ccc7[nH]ncc7c6)n5)cc4[nH]3)ccc21. The fraction of sp³-hybridized carbons (Fsp3) is 0.125. The zero-order valence-corrected chi connectivity index (χ0v) is 24.0. The average molecular weight is 586 g/mol. The Balaban J connectivity index is 1.08. The highest BCUT2D eigenvalue weighted by molar-refractivity contribution is 6.07. The molecule has 0 unspecified atom stereocenters. The molecule has 7 aromatic rings. The number of H-pyrrole nitrogens is 2. The van der Waals surface area contributed by atoms with Crippen LogP contribution in [-0.2, 0) is 4.74 Å². The standard InChI is InChI=1S/C32H27N9O3/c1-32(2,3)44-31(43)41-27-9-7-23(13-21(27)17-35-41)37-30(42)26-14-18-4-5-19(15-25(18)38-26)29-33-11-10-28(39-29)36-22-6-8-24-20(12-22)16-34-40-24/h4-17,38H,1-3H3,(H,34,40)(H,37,42)(H,33,36,39). The third kappa shape index (κ3) is 5.31. The molecule has 218 valence electrons. The van der Waals surface area contributed by atoms with Crippen LogP contribution in [0, 0.1) is 0 Å². The highest BCUT2D eigenvalue weighted by Crippen LogP contribution is 2.26. The summed E-state index contributed by atoms with van der Waals surface area (Å²) >= 11 is 0. The normalized spacial score (nSPS) is 11.7. The molecule has 12 heteroatoms. The van der Waals surface area contributed by atoms with Gasteiger partial charge in [-0.25, -0.2) is 14.8 Å². The average Bonchev–Trinajstić information content (AvgIpc) is 3.73. The number of aromatic amines is 2. The molecule has 4 heterocycles. The first kappa shape index (κ1) is 26.8. The highest BCUT2D eigenvalue weighted by Gasteiger charge is 2.20. The van der Waals surface area contributed by atoms with Crippen LogP contribution in [0.2, 0.25) is 0 Å². The Hall–Kier alpha value is -6.04. The molecule has 7 rings (SSSR count). The van der Waals surface area contributed by atoms with E-state index in [0.29, 0.717) is 33.9 Å². The predicted molar refractivity (Wildman–Crippen MR) is 168 cm³/mol. The molecule has 0 aliphatic rings. The summed E-state index contributed by atoms with van der Waals surface area (Å²) in [5.74, 6) is 0.888. The van der Waals surface area contributed by atoms with E-state index in [1.54, 1.807) is 69.7 Å². The van der Waals surface area contributed by atoms with E-state index in [0.717, 1.165) is 33.1 Å². The second-order valence-electron chi connectivity index (χ2n) is 11.3. The van der Waals surface area contributed by atoms with Gasteiger partial charge in [-0.3, -0.25) is 9.89 Å². The molecule has 0 fully saturated rings. The molecular formula is C32H27N9O3. The van der Waals surface area contributed by atoms with Gasteiger partial charge in [0.05, 0.1) is 23.4 Å². The van der Waals surface area contributed by atoms with Crippen LogP contribution in [0.15, 0.2) is 85.3 Å². The lowest BCUT2D eigenvalue weighted by molar-refractivity contribution is 0.0522. The van der Waals surface area contributed by atoms with Crippen molar-refractivity contribution in [3.05, 3.63) is 91.0 Å². The molecule has 4 N–H and O–H groups in total. The molecule has 44 heavy (non-hydrogen) atoms. The molecule has 0 saturated carbocycles. The molecule has 0 spiro atoms. The zero-order valence-electron chi connectivity index (χ0n) is 24.0. The van der Waals surface area contributed by atoms with Gasteiger partial charge < -0.3 is 20.4 Å². The second-order valence-corrected chi connectivity index (χ2v) is 11.3. The number of rotatable bonds is 5. The number of aromatic nitrogens is 7. The van der Waals surface area contributed by atoms with Crippen molar-refractivity contribution in [2.45, 2.75) is 26.4 Å². The molecule has 0 bridgehead atoms. The summed E-state index contributed by atoms with van der Waals surface area (Å²) in [6.07, 6.45) is 4.47. The van der Waals surface area contributed by atoms with Crippen LogP contribution in [0.25, 0.3) is 44.1 Å². The lowest BCUT2D eigenvalue weighted by Crippen LogP contribution is -2.27. The number of anilines is 3. The van der Waals surface area contributed by atoms with Crippen molar-refractivity contribution in [2.24, 2.45) is 0 Å². The Bertz CT molecular complexity index is 2200. The number of carbonyl (C=O) groups excluding carboxylic acids is 2. The molecule has 1 amide bonds. The van der Waals surface area contributed by atoms with Crippen LogP contribution in [-0.4, -0.2) is 52.5 Å². The lowest BCUT2D eigenvalue weighted by Gasteiger charge is -2.19. The van der Waals surface area contributed by atoms with Crippen molar-refractivity contribution in [2.75, 3.05) is 10.6 Å². The maximum Gasteiger partial charge on any atom is 0.435 e. The summed E-state index contributed by atoms with van der Waals surface area (Å²) in [7, 11) is 0. The second kappa shape index (κ2) is 10.3. The minimum Gasteiger partial charge on any atom is -0.442 e. The van der Waals surface area contributed by atoms with E-state index < -0.39 is 11.7 Å². The van der Waals surface area contributed by atoms with Gasteiger partial charge in [-0.05, 0) is 75.4 Å². The number of fused-ring (bicyclic) bond motifs is 3. The minimum absolute atomic E-state index is 0.307. The molecule has 0 atom stereocenters. The van der Waals surface area contributed by atoms with Gasteiger partial charge in [0.2, 0.25) is 0 Å². The quantitative estimate of drug-likeness (QED) is 0.175. The van der Waals surface area contributed by atoms with Gasteiger partial charge in [-0.1, -0.05) is 12.1 Å². The minimum atomic E-state index is -0.644. The van der Waals surface area contributed by atoms with Crippen molar-refractivity contribution >= 4 is 61.9 Å². The van der Waals surface area contributed by atoms with E-state index in [1.807, 2.05) is 36.4 Å². The summed E-state index contributed by atoms with van der Waals surface area (Å²) in [6, 6.07) is 20.5. The topological polar surface area (TPSA) is 156 Å². The van der Waals surface area contributed by atoms with Gasteiger partial charge in [-0.15, -0.1) is 0 Å². The summed E-state index contributed by atoms with van der Waals surface area (Å²) in [5, 5.41) is 20.0. The fourth-order valence-electron chi connectivity index (χ4n) is 4.88. The van der Waals surface area contributed by atoms with Gasteiger partial charge in [0.25, 0.3) is 5.91 Å². The number of hydrogen-bond donors (Lipinski definition) is 4. The number of ether oxygens (including phenoxy) is 1. The summed E-state index contributed by atoms with van der Waals surface area (Å²) in [5.41, 5.74) is 4.31. The fourth-order valence-corrected chi connectivity index (χ4v) is 4.88. The number of nitrogens with one attached hydrogen (secondary N) is 4. The molecule has 0 saturated heterocycles. The van der Waals surface area contributed by atoms with E-state index in [2.05, 4.69) is 35.9 Å². The number of hydrogen-bond acceptors (Lipinski definition) is 8. The molecular weight excluding hydrogens is 558 g/mol. The smallest absolute Gasteiger partial charge is 0.435 e. The molecule has 0 radical (unpaired) electrons. The van der Waals surface area contributed by atoms with Gasteiger partial charge in [0.15, 0.2) is 5.82 Å². The summed E-state index contributed by atoms with van der Waals surface area (Å²) in [6.45, 7) is 5.39. The zero-order chi connectivity index (χ0) is 30.4. The largest absolute Gasteiger partial charge is 0.442 e. The summed E-state index contributed by atoms with van der Waals surface area (Å²) in [4.78, 5) is 38.0. The van der Waals surface area contributed by atoms with Crippen LogP contribution in [0.5, 0.6) is 0 Å². The Morgan fingerprint density at radius 1 is 0.864 bits per heavy atom. The first-order valence-electron chi connectivity index (χ1n) is 13.9. The van der Waals surface area contributed by atoms with E-state index in [9.17, 15) is 9.59 Å². The van der Waals surface area contributed by atoms with E-state index >= 15 is 0 Å². The van der Waals surface area contributed by atoms with Crippen molar-refractivity contribution in [1.29, 1.82) is 0 Å². The van der Waals surface area contributed by atoms with E-state index in [-0.39, 0.29) is 5.91 Å². The lowest BCUT2D eigenvalue weighted by atomic mass is 10.1. The first-order valence-corrected chi connectivity index (χ1v) is 13.9. The number of carbonyl (C=O) groups is 2. The Morgan fingerprint density at radius 3 is 2.57 bits per heavy atom. The molecule has 0 aliphatic carbocycles. The molecule has 0 aliphatic heterocycles. The van der Waals surface area contributed by atoms with Gasteiger partial charge in [0, 0.05) is 44.8 Å². The first-order chi connectivity index (χ1) is 21.2. The highest BCUT2D eigenvalue weighted by atomic mass is 16.6. The number of nitrogens with zero attached hydrogens (tertiary/aromatic N) is 5. The van der Waals surface area contributed by atoms with Crippen molar-refractivity contribution in [3.63, 3.8) is 0 Å². The van der Waals surface area contributed by atoms with Crippen LogP contribution in [0.4, 0.5) is 22.0 Å².